The van der Waals surface area contributed by atoms with Crippen LogP contribution in [-0.4, -0.2) is 52.0 Å². The van der Waals surface area contributed by atoms with Gasteiger partial charge in [0, 0.05) is 68.9 Å². The maximum atomic E-state index is 13.5. The van der Waals surface area contributed by atoms with Gasteiger partial charge in [-0.05, 0) is 36.2 Å². The fraction of sp³-hybridized carbons (Fsp3) is 0.375. The lowest BCUT2D eigenvalue weighted by atomic mass is 9.88. The minimum Gasteiger partial charge on any atom is -0.493 e. The molecule has 0 aliphatic carbocycles. The van der Waals surface area contributed by atoms with Gasteiger partial charge in [0.2, 0.25) is 5.91 Å². The molecule has 0 spiro atoms. The molecular formula is C24H28FN5O2. The zero-order chi connectivity index (χ0) is 22.2. The van der Waals surface area contributed by atoms with E-state index in [-0.39, 0.29) is 23.6 Å². The van der Waals surface area contributed by atoms with E-state index >= 15 is 0 Å². The first-order valence-corrected chi connectivity index (χ1v) is 10.9. The van der Waals surface area contributed by atoms with Crippen LogP contribution in [0.4, 0.5) is 4.39 Å². The molecule has 1 aliphatic rings. The van der Waals surface area contributed by atoms with E-state index < -0.39 is 0 Å². The molecule has 1 amide bonds. The lowest BCUT2D eigenvalue weighted by Crippen LogP contribution is -2.47. The van der Waals surface area contributed by atoms with Gasteiger partial charge in [-0.2, -0.15) is 0 Å². The summed E-state index contributed by atoms with van der Waals surface area (Å²) in [6.45, 7) is 3.25. The van der Waals surface area contributed by atoms with Gasteiger partial charge in [0.1, 0.15) is 11.6 Å². The summed E-state index contributed by atoms with van der Waals surface area (Å²) in [5.74, 6) is 0.280. The van der Waals surface area contributed by atoms with Crippen molar-refractivity contribution in [2.45, 2.75) is 19.4 Å². The molecule has 2 aromatic heterocycles. The number of halogens is 1. The van der Waals surface area contributed by atoms with Crippen LogP contribution in [0.2, 0.25) is 0 Å². The molecule has 3 aromatic rings. The summed E-state index contributed by atoms with van der Waals surface area (Å²) in [5, 5.41) is 3.06. The molecule has 32 heavy (non-hydrogen) atoms. The van der Waals surface area contributed by atoms with Gasteiger partial charge in [-0.1, -0.05) is 6.07 Å². The lowest BCUT2D eigenvalue weighted by Gasteiger charge is -2.37. The zero-order valence-corrected chi connectivity index (χ0v) is 17.9. The van der Waals surface area contributed by atoms with E-state index in [0.29, 0.717) is 31.9 Å². The van der Waals surface area contributed by atoms with Crippen molar-refractivity contribution in [3.8, 4) is 5.75 Å². The van der Waals surface area contributed by atoms with Crippen LogP contribution < -0.4 is 10.1 Å². The number of imidazole rings is 1. The third-order valence-corrected chi connectivity index (χ3v) is 5.67. The molecule has 1 fully saturated rings. The molecule has 2 atom stereocenters. The Hall–Kier alpha value is -3.26. The number of rotatable bonds is 9. The zero-order valence-electron chi connectivity index (χ0n) is 17.9. The van der Waals surface area contributed by atoms with E-state index in [1.54, 1.807) is 37.1 Å². The predicted molar refractivity (Wildman–Crippen MR) is 118 cm³/mol. The Morgan fingerprint density at radius 3 is 2.88 bits per heavy atom. The lowest BCUT2D eigenvalue weighted by molar-refractivity contribution is -0.127. The van der Waals surface area contributed by atoms with E-state index in [1.165, 1.54) is 12.1 Å². The van der Waals surface area contributed by atoms with Crippen LogP contribution in [0.5, 0.6) is 5.75 Å². The highest BCUT2D eigenvalue weighted by atomic mass is 19.1. The molecule has 168 valence electrons. The van der Waals surface area contributed by atoms with Gasteiger partial charge < -0.3 is 15.0 Å². The Bertz CT molecular complexity index is 983. The van der Waals surface area contributed by atoms with Crippen molar-refractivity contribution < 1.29 is 13.9 Å². The van der Waals surface area contributed by atoms with Crippen molar-refractivity contribution in [3.05, 3.63) is 78.4 Å². The maximum absolute atomic E-state index is 13.5. The van der Waals surface area contributed by atoms with Gasteiger partial charge >= 0.3 is 0 Å². The van der Waals surface area contributed by atoms with Crippen LogP contribution in [0, 0.1) is 17.7 Å². The molecule has 2 N–H and O–H groups in total. The second-order valence-electron chi connectivity index (χ2n) is 8.23. The van der Waals surface area contributed by atoms with Crippen molar-refractivity contribution >= 4 is 5.91 Å². The SMILES string of the molecule is O=C(NCCc1cnc[nH]1)[C@@H]1C[C@H](COc2cccc(F)c2)CN(Cc2ccncc2)C1. The Balaban J connectivity index is 1.37. The molecule has 1 aliphatic heterocycles. The summed E-state index contributed by atoms with van der Waals surface area (Å²) in [6, 6.07) is 10.2. The van der Waals surface area contributed by atoms with Gasteiger partial charge in [-0.3, -0.25) is 14.7 Å². The van der Waals surface area contributed by atoms with E-state index in [2.05, 4.69) is 25.2 Å². The number of piperidine rings is 1. The van der Waals surface area contributed by atoms with Crippen molar-refractivity contribution in [2.75, 3.05) is 26.2 Å². The Labute approximate surface area is 187 Å². The van der Waals surface area contributed by atoms with Gasteiger partial charge in [0.25, 0.3) is 0 Å². The van der Waals surface area contributed by atoms with Crippen molar-refractivity contribution in [2.24, 2.45) is 11.8 Å². The Kier molecular flexibility index (Phi) is 7.45. The average molecular weight is 438 g/mol. The predicted octanol–water partition coefficient (Wildman–Crippen LogP) is 2.82. The summed E-state index contributed by atoms with van der Waals surface area (Å²) in [4.78, 5) is 26.3. The average Bonchev–Trinajstić information content (AvgIpc) is 3.32. The summed E-state index contributed by atoms with van der Waals surface area (Å²) in [6.07, 6.45) is 8.41. The number of amides is 1. The second-order valence-corrected chi connectivity index (χ2v) is 8.23. The largest absolute Gasteiger partial charge is 0.493 e. The summed E-state index contributed by atoms with van der Waals surface area (Å²) in [5.41, 5.74) is 2.15. The van der Waals surface area contributed by atoms with Crippen molar-refractivity contribution in [3.63, 3.8) is 0 Å². The van der Waals surface area contributed by atoms with E-state index in [4.69, 9.17) is 4.74 Å². The molecule has 0 unspecified atom stereocenters. The number of hydrogen-bond acceptors (Lipinski definition) is 5. The highest BCUT2D eigenvalue weighted by Crippen LogP contribution is 2.25. The van der Waals surface area contributed by atoms with E-state index in [9.17, 15) is 9.18 Å². The fourth-order valence-electron chi connectivity index (χ4n) is 4.15. The number of aromatic nitrogens is 3. The number of H-pyrrole nitrogens is 1. The smallest absolute Gasteiger partial charge is 0.224 e. The second kappa shape index (κ2) is 10.9. The standard InChI is InChI=1S/C24H28FN5O2/c25-21-2-1-3-23(11-21)32-16-19-10-20(24(31)28-9-6-22-12-27-17-29-22)15-30(14-19)13-18-4-7-26-8-5-18/h1-5,7-8,11-12,17,19-20H,6,9-10,13-16H2,(H,27,29)(H,28,31)/t19-,20+/m0/s1. The molecule has 0 bridgehead atoms. The normalized spacial score (nSPS) is 18.9. The molecule has 1 saturated heterocycles. The number of pyridine rings is 1. The first kappa shape index (κ1) is 22.0. The number of likely N-dealkylation sites (tertiary alicyclic amines) is 1. The van der Waals surface area contributed by atoms with E-state index in [0.717, 1.165) is 30.8 Å². The molecule has 3 heterocycles. The molecule has 1 aromatic carbocycles. The van der Waals surface area contributed by atoms with Crippen molar-refractivity contribution in [1.29, 1.82) is 0 Å². The number of aromatic amines is 1. The quantitative estimate of drug-likeness (QED) is 0.538. The first-order chi connectivity index (χ1) is 15.7. The molecular weight excluding hydrogens is 409 g/mol. The minimum atomic E-state index is -0.319. The number of hydrogen-bond donors (Lipinski definition) is 2. The number of nitrogens with zero attached hydrogens (tertiary/aromatic N) is 3. The molecule has 8 heteroatoms. The Morgan fingerprint density at radius 2 is 2.09 bits per heavy atom. The molecule has 0 saturated carbocycles. The monoisotopic (exact) mass is 437 g/mol. The molecule has 7 nitrogen and oxygen atoms in total. The maximum Gasteiger partial charge on any atom is 0.224 e. The number of ether oxygens (including phenoxy) is 1. The van der Waals surface area contributed by atoms with Crippen LogP contribution in [0.3, 0.4) is 0 Å². The van der Waals surface area contributed by atoms with Crippen molar-refractivity contribution in [1.82, 2.24) is 25.2 Å². The number of nitrogens with one attached hydrogen (secondary N) is 2. The van der Waals surface area contributed by atoms with Crippen LogP contribution >= 0.6 is 0 Å². The summed E-state index contributed by atoms with van der Waals surface area (Å²) < 4.78 is 19.3. The van der Waals surface area contributed by atoms with Crippen LogP contribution in [0.25, 0.3) is 0 Å². The third kappa shape index (κ3) is 6.37. The van der Waals surface area contributed by atoms with Crippen LogP contribution in [0.1, 0.15) is 17.7 Å². The van der Waals surface area contributed by atoms with Gasteiger partial charge in [-0.15, -0.1) is 0 Å². The minimum absolute atomic E-state index is 0.0553. The van der Waals surface area contributed by atoms with Gasteiger partial charge in [0.15, 0.2) is 0 Å². The number of carbonyl (C=O) groups excluding carboxylic acids is 1. The van der Waals surface area contributed by atoms with E-state index in [1.807, 2.05) is 12.1 Å². The van der Waals surface area contributed by atoms with Gasteiger partial charge in [0.05, 0.1) is 18.9 Å². The molecule has 4 rings (SSSR count). The van der Waals surface area contributed by atoms with Gasteiger partial charge in [-0.25, -0.2) is 9.37 Å². The molecule has 0 radical (unpaired) electrons. The highest BCUT2D eigenvalue weighted by Gasteiger charge is 2.32. The Morgan fingerprint density at radius 1 is 1.22 bits per heavy atom. The highest BCUT2D eigenvalue weighted by molar-refractivity contribution is 5.79. The topological polar surface area (TPSA) is 83.1 Å². The van der Waals surface area contributed by atoms with Crippen LogP contribution in [-0.2, 0) is 17.8 Å². The number of carbonyl (C=O) groups is 1. The summed E-state index contributed by atoms with van der Waals surface area (Å²) >= 11 is 0. The number of benzene rings is 1. The fourth-order valence-corrected chi connectivity index (χ4v) is 4.15. The summed E-state index contributed by atoms with van der Waals surface area (Å²) in [7, 11) is 0. The third-order valence-electron chi connectivity index (χ3n) is 5.67. The first-order valence-electron chi connectivity index (χ1n) is 10.9. The van der Waals surface area contributed by atoms with Crippen LogP contribution in [0.15, 0.2) is 61.3 Å².